The van der Waals surface area contributed by atoms with Gasteiger partial charge in [0.1, 0.15) is 0 Å². The summed E-state index contributed by atoms with van der Waals surface area (Å²) < 4.78 is 0. The molecule has 8 heteroatoms. The average Bonchev–Trinajstić information content (AvgIpc) is 3.51. The van der Waals surface area contributed by atoms with E-state index in [4.69, 9.17) is 0 Å². The molecular formula is C32H33N5O3. The van der Waals surface area contributed by atoms with Crippen molar-refractivity contribution in [2.45, 2.75) is 51.4 Å². The van der Waals surface area contributed by atoms with E-state index < -0.39 is 4.92 Å². The van der Waals surface area contributed by atoms with Crippen molar-refractivity contribution in [3.63, 3.8) is 0 Å². The minimum Gasteiger partial charge on any atom is -0.316 e. The van der Waals surface area contributed by atoms with Gasteiger partial charge in [-0.2, -0.15) is 0 Å². The molecule has 3 aromatic carbocycles. The van der Waals surface area contributed by atoms with E-state index >= 15 is 0 Å². The predicted molar refractivity (Wildman–Crippen MR) is 157 cm³/mol. The van der Waals surface area contributed by atoms with Crippen LogP contribution >= 0.6 is 0 Å². The highest BCUT2D eigenvalue weighted by Crippen LogP contribution is 2.23. The van der Waals surface area contributed by atoms with Gasteiger partial charge in [0.05, 0.1) is 4.92 Å². The van der Waals surface area contributed by atoms with Crippen LogP contribution in [-0.4, -0.2) is 26.9 Å². The Bertz CT molecular complexity index is 1400. The van der Waals surface area contributed by atoms with Gasteiger partial charge >= 0.3 is 6.03 Å². The van der Waals surface area contributed by atoms with Crippen molar-refractivity contribution in [2.75, 3.05) is 5.32 Å². The monoisotopic (exact) mass is 535 g/mol. The van der Waals surface area contributed by atoms with Gasteiger partial charge in [-0.25, -0.2) is 4.79 Å². The van der Waals surface area contributed by atoms with E-state index in [0.717, 1.165) is 28.8 Å². The molecule has 40 heavy (non-hydrogen) atoms. The number of anilines is 1. The maximum absolute atomic E-state index is 13.3. The van der Waals surface area contributed by atoms with E-state index in [1.54, 1.807) is 17.3 Å². The van der Waals surface area contributed by atoms with Crippen LogP contribution in [0.25, 0.3) is 11.1 Å². The minimum absolute atomic E-state index is 0.0271. The van der Waals surface area contributed by atoms with Crippen molar-refractivity contribution in [2.24, 2.45) is 0 Å². The number of urea groups is 1. The molecule has 0 bridgehead atoms. The molecular weight excluding hydrogens is 502 g/mol. The Hall–Kier alpha value is -4.56. The lowest BCUT2D eigenvalue weighted by Crippen LogP contribution is -2.34. The largest absolute Gasteiger partial charge is 0.322 e. The summed E-state index contributed by atoms with van der Waals surface area (Å²) in [4.78, 5) is 29.6. The third-order valence-electron chi connectivity index (χ3n) is 7.28. The van der Waals surface area contributed by atoms with Crippen LogP contribution in [0.5, 0.6) is 0 Å². The number of rotatable bonds is 10. The van der Waals surface area contributed by atoms with Crippen molar-refractivity contribution in [1.82, 2.24) is 15.2 Å². The number of carbonyl (C=O) groups is 1. The summed E-state index contributed by atoms with van der Waals surface area (Å²) >= 11 is 0. The number of nitro benzene ring substituents is 1. The lowest BCUT2D eigenvalue weighted by molar-refractivity contribution is -0.384. The Morgan fingerprint density at radius 3 is 2.08 bits per heavy atom. The van der Waals surface area contributed by atoms with Crippen LogP contribution in [-0.2, 0) is 19.6 Å². The van der Waals surface area contributed by atoms with Crippen LogP contribution < -0.4 is 10.6 Å². The Balaban J connectivity index is 1.24. The van der Waals surface area contributed by atoms with Gasteiger partial charge in [-0.1, -0.05) is 67.4 Å². The van der Waals surface area contributed by atoms with Crippen LogP contribution in [0, 0.1) is 10.1 Å². The maximum atomic E-state index is 13.3. The maximum Gasteiger partial charge on any atom is 0.322 e. The number of amides is 2. The Kier molecular flexibility index (Phi) is 8.78. The normalized spacial score (nSPS) is 13.2. The molecule has 0 radical (unpaired) electrons. The summed E-state index contributed by atoms with van der Waals surface area (Å²) in [5.41, 5.74) is 5.92. The zero-order valence-electron chi connectivity index (χ0n) is 22.3. The number of carbonyl (C=O) groups excluding carboxylic acids is 1. The molecule has 2 amide bonds. The lowest BCUT2D eigenvalue weighted by Gasteiger charge is -2.23. The van der Waals surface area contributed by atoms with Crippen molar-refractivity contribution in [3.05, 3.63) is 124 Å². The molecule has 0 atom stereocenters. The number of hydrogen-bond acceptors (Lipinski definition) is 5. The highest BCUT2D eigenvalue weighted by Gasteiger charge is 2.17. The molecule has 8 nitrogen and oxygen atoms in total. The van der Waals surface area contributed by atoms with Gasteiger partial charge in [0.2, 0.25) is 0 Å². The number of nitrogens with zero attached hydrogens (tertiary/aromatic N) is 3. The summed E-state index contributed by atoms with van der Waals surface area (Å²) in [5.74, 6) is 0. The molecule has 0 aliphatic heterocycles. The molecule has 4 aromatic rings. The molecule has 1 fully saturated rings. The van der Waals surface area contributed by atoms with Gasteiger partial charge in [-0.15, -0.1) is 0 Å². The van der Waals surface area contributed by atoms with Crippen LogP contribution in [0.1, 0.15) is 42.4 Å². The molecule has 1 aliphatic carbocycles. The molecule has 5 rings (SSSR count). The summed E-state index contributed by atoms with van der Waals surface area (Å²) in [5, 5.41) is 17.5. The van der Waals surface area contributed by atoms with Crippen molar-refractivity contribution >= 4 is 17.4 Å². The van der Waals surface area contributed by atoms with Gasteiger partial charge in [0, 0.05) is 55.9 Å². The number of aromatic nitrogens is 1. The summed E-state index contributed by atoms with van der Waals surface area (Å²) in [6.45, 7) is 1.66. The van der Waals surface area contributed by atoms with E-state index in [-0.39, 0.29) is 11.7 Å². The lowest BCUT2D eigenvalue weighted by atomic mass is 10.0. The van der Waals surface area contributed by atoms with Crippen molar-refractivity contribution in [1.29, 1.82) is 0 Å². The zero-order valence-corrected chi connectivity index (χ0v) is 22.3. The van der Waals surface area contributed by atoms with E-state index in [2.05, 4.69) is 52.0 Å². The fraction of sp³-hybridized carbons (Fsp3) is 0.250. The van der Waals surface area contributed by atoms with Gasteiger partial charge in [-0.05, 0) is 58.9 Å². The van der Waals surface area contributed by atoms with E-state index in [1.165, 1.54) is 55.5 Å². The average molecular weight is 536 g/mol. The molecule has 204 valence electrons. The first-order valence-corrected chi connectivity index (χ1v) is 13.6. The molecule has 1 aromatic heterocycles. The molecule has 2 N–H and O–H groups in total. The van der Waals surface area contributed by atoms with Gasteiger partial charge in [0.15, 0.2) is 0 Å². The Labute approximate surface area is 234 Å². The second kappa shape index (κ2) is 13.0. The van der Waals surface area contributed by atoms with Gasteiger partial charge in [0.25, 0.3) is 5.69 Å². The van der Waals surface area contributed by atoms with Crippen LogP contribution in [0.2, 0.25) is 0 Å². The first-order chi connectivity index (χ1) is 19.5. The first kappa shape index (κ1) is 27.0. The van der Waals surface area contributed by atoms with E-state index in [9.17, 15) is 14.9 Å². The smallest absolute Gasteiger partial charge is 0.316 e. The van der Waals surface area contributed by atoms with Crippen molar-refractivity contribution < 1.29 is 9.72 Å². The zero-order chi connectivity index (χ0) is 27.7. The van der Waals surface area contributed by atoms with Crippen LogP contribution in [0.4, 0.5) is 16.2 Å². The third-order valence-corrected chi connectivity index (χ3v) is 7.28. The first-order valence-electron chi connectivity index (χ1n) is 13.6. The van der Waals surface area contributed by atoms with Crippen LogP contribution in [0.15, 0.2) is 97.3 Å². The quantitative estimate of drug-likeness (QED) is 0.170. The number of pyridine rings is 1. The fourth-order valence-corrected chi connectivity index (χ4v) is 5.01. The highest BCUT2D eigenvalue weighted by atomic mass is 16.6. The minimum atomic E-state index is -0.465. The van der Waals surface area contributed by atoms with Gasteiger partial charge in [-0.3, -0.25) is 15.1 Å². The molecule has 0 spiro atoms. The number of hydrogen-bond donors (Lipinski definition) is 2. The second-order valence-electron chi connectivity index (χ2n) is 10.2. The summed E-state index contributed by atoms with van der Waals surface area (Å²) in [6, 6.07) is 26.9. The Morgan fingerprint density at radius 1 is 0.850 bits per heavy atom. The standard InChI is InChI=1S/C32H33N5O3/c38-32(35-30-15-17-31(18-16-30)37(39)40)36(23-26-4-3-19-33-20-26)22-25-9-13-28(14-10-25)27-11-7-24(8-12-27)21-34-29-5-1-2-6-29/h3-4,7-20,29,34H,1-2,5-6,21-23H2,(H,35,38). The highest BCUT2D eigenvalue weighted by molar-refractivity contribution is 5.89. The molecule has 0 saturated heterocycles. The molecule has 1 aliphatic rings. The molecule has 0 unspecified atom stereocenters. The van der Waals surface area contributed by atoms with E-state index in [1.807, 2.05) is 24.3 Å². The van der Waals surface area contributed by atoms with Crippen LogP contribution in [0.3, 0.4) is 0 Å². The SMILES string of the molecule is O=C(Nc1ccc([N+](=O)[O-])cc1)N(Cc1ccc(-c2ccc(CNC3CCCC3)cc2)cc1)Cc1cccnc1. The third kappa shape index (κ3) is 7.30. The number of nitrogens with one attached hydrogen (secondary N) is 2. The summed E-state index contributed by atoms with van der Waals surface area (Å²) in [6.07, 6.45) is 8.66. The number of non-ortho nitro benzene ring substituents is 1. The van der Waals surface area contributed by atoms with Gasteiger partial charge < -0.3 is 15.5 Å². The van der Waals surface area contributed by atoms with E-state index in [0.29, 0.717) is 24.8 Å². The second-order valence-corrected chi connectivity index (χ2v) is 10.2. The number of benzene rings is 3. The summed E-state index contributed by atoms with van der Waals surface area (Å²) in [7, 11) is 0. The van der Waals surface area contributed by atoms with Crippen molar-refractivity contribution in [3.8, 4) is 11.1 Å². The fourth-order valence-electron chi connectivity index (χ4n) is 5.01. The Morgan fingerprint density at radius 2 is 1.48 bits per heavy atom. The topological polar surface area (TPSA) is 100 Å². The predicted octanol–water partition coefficient (Wildman–Crippen LogP) is 6.92. The number of nitro groups is 1. The molecule has 1 saturated carbocycles. The molecule has 1 heterocycles.